The minimum Gasteiger partial charge on any atom is -0.364 e. The fraction of sp³-hybridized carbons (Fsp3) is 0.400. The highest BCUT2D eigenvalue weighted by molar-refractivity contribution is 5.59. The molecule has 1 fully saturated rings. The van der Waals surface area contributed by atoms with Gasteiger partial charge in [0.15, 0.2) is 5.82 Å². The Hall–Kier alpha value is -2.76. The molecule has 0 radical (unpaired) electrons. The average Bonchev–Trinajstić information content (AvgIpc) is 3.35. The first kappa shape index (κ1) is 16.7. The lowest BCUT2D eigenvalue weighted by molar-refractivity contribution is 0.463. The van der Waals surface area contributed by atoms with Gasteiger partial charge < -0.3 is 5.32 Å². The minimum atomic E-state index is 0.574. The standard InChI is InChI=1S/C20H24N6/c1-14-15(2)23-20(16-7-10-21-11-8-16)24-19(14)22-13-17-9-12-26(25-17)18-5-3-4-6-18/h7-12,18H,3-6,13H2,1-2H3,(H,22,23,24). The Morgan fingerprint density at radius 2 is 1.85 bits per heavy atom. The van der Waals surface area contributed by atoms with Crippen LogP contribution in [0.1, 0.15) is 48.7 Å². The van der Waals surface area contributed by atoms with Crippen LogP contribution in [0.25, 0.3) is 11.4 Å². The molecule has 4 rings (SSSR count). The van der Waals surface area contributed by atoms with Crippen molar-refractivity contribution in [3.63, 3.8) is 0 Å². The van der Waals surface area contributed by atoms with Gasteiger partial charge in [-0.3, -0.25) is 9.67 Å². The zero-order valence-electron chi connectivity index (χ0n) is 15.3. The first-order valence-electron chi connectivity index (χ1n) is 9.24. The van der Waals surface area contributed by atoms with E-state index in [1.54, 1.807) is 12.4 Å². The Morgan fingerprint density at radius 1 is 1.08 bits per heavy atom. The maximum absolute atomic E-state index is 4.74. The largest absolute Gasteiger partial charge is 0.364 e. The fourth-order valence-corrected chi connectivity index (χ4v) is 3.45. The monoisotopic (exact) mass is 348 g/mol. The van der Waals surface area contributed by atoms with Crippen LogP contribution >= 0.6 is 0 Å². The molecule has 3 aromatic heterocycles. The number of pyridine rings is 1. The van der Waals surface area contributed by atoms with E-state index >= 15 is 0 Å². The molecule has 134 valence electrons. The van der Waals surface area contributed by atoms with Gasteiger partial charge in [0.05, 0.1) is 18.3 Å². The Morgan fingerprint density at radius 3 is 2.62 bits per heavy atom. The number of hydrogen-bond acceptors (Lipinski definition) is 5. The lowest BCUT2D eigenvalue weighted by Crippen LogP contribution is -2.09. The van der Waals surface area contributed by atoms with Crippen molar-refractivity contribution in [3.05, 3.63) is 53.7 Å². The number of nitrogens with one attached hydrogen (secondary N) is 1. The molecule has 0 aromatic carbocycles. The van der Waals surface area contributed by atoms with Crippen molar-refractivity contribution >= 4 is 5.82 Å². The second-order valence-corrected chi connectivity index (χ2v) is 6.92. The van der Waals surface area contributed by atoms with E-state index in [9.17, 15) is 0 Å². The molecule has 1 aliphatic rings. The van der Waals surface area contributed by atoms with Gasteiger partial charge in [0.25, 0.3) is 0 Å². The van der Waals surface area contributed by atoms with E-state index in [1.807, 2.05) is 26.0 Å². The van der Waals surface area contributed by atoms with Crippen molar-refractivity contribution in [3.8, 4) is 11.4 Å². The van der Waals surface area contributed by atoms with E-state index in [1.165, 1.54) is 25.7 Å². The van der Waals surface area contributed by atoms with Crippen molar-refractivity contribution in [2.24, 2.45) is 0 Å². The smallest absolute Gasteiger partial charge is 0.161 e. The SMILES string of the molecule is Cc1nc(-c2ccncc2)nc(NCc2ccn(C3CCCC3)n2)c1C. The van der Waals surface area contributed by atoms with E-state index in [2.05, 4.69) is 32.2 Å². The maximum Gasteiger partial charge on any atom is 0.161 e. The van der Waals surface area contributed by atoms with E-state index < -0.39 is 0 Å². The highest BCUT2D eigenvalue weighted by Gasteiger charge is 2.17. The van der Waals surface area contributed by atoms with E-state index in [0.29, 0.717) is 12.6 Å². The van der Waals surface area contributed by atoms with Crippen LogP contribution in [0, 0.1) is 13.8 Å². The molecule has 6 nitrogen and oxygen atoms in total. The lowest BCUT2D eigenvalue weighted by Gasteiger charge is -2.12. The Balaban J connectivity index is 1.52. The second-order valence-electron chi connectivity index (χ2n) is 6.92. The van der Waals surface area contributed by atoms with Gasteiger partial charge in [0.1, 0.15) is 5.82 Å². The molecule has 0 amide bonds. The van der Waals surface area contributed by atoms with Crippen LogP contribution < -0.4 is 5.32 Å². The molecular formula is C20H24N6. The van der Waals surface area contributed by atoms with Crippen molar-refractivity contribution in [2.45, 2.75) is 52.1 Å². The highest BCUT2D eigenvalue weighted by atomic mass is 15.3. The number of anilines is 1. The van der Waals surface area contributed by atoms with Gasteiger partial charge in [-0.15, -0.1) is 0 Å². The van der Waals surface area contributed by atoms with Gasteiger partial charge in [-0.2, -0.15) is 5.10 Å². The molecule has 0 bridgehead atoms. The molecule has 0 saturated heterocycles. The zero-order chi connectivity index (χ0) is 17.9. The van der Waals surface area contributed by atoms with Crippen molar-refractivity contribution in [2.75, 3.05) is 5.32 Å². The number of nitrogens with zero attached hydrogens (tertiary/aromatic N) is 5. The third kappa shape index (κ3) is 3.45. The summed E-state index contributed by atoms with van der Waals surface area (Å²) in [4.78, 5) is 13.4. The molecule has 1 aliphatic carbocycles. The minimum absolute atomic E-state index is 0.574. The molecule has 3 heterocycles. The quantitative estimate of drug-likeness (QED) is 0.752. The van der Waals surface area contributed by atoms with Gasteiger partial charge in [-0.05, 0) is 44.9 Å². The third-order valence-electron chi connectivity index (χ3n) is 5.13. The Labute approximate surface area is 153 Å². The van der Waals surface area contributed by atoms with Crippen LogP contribution in [0.2, 0.25) is 0 Å². The van der Waals surface area contributed by atoms with Crippen LogP contribution in [0.5, 0.6) is 0 Å². The van der Waals surface area contributed by atoms with Crippen LogP contribution in [0.3, 0.4) is 0 Å². The predicted molar refractivity (Wildman–Crippen MR) is 102 cm³/mol. The van der Waals surface area contributed by atoms with Crippen LogP contribution in [0.15, 0.2) is 36.8 Å². The molecule has 6 heteroatoms. The van der Waals surface area contributed by atoms with Gasteiger partial charge in [-0.1, -0.05) is 12.8 Å². The number of aryl methyl sites for hydroxylation is 1. The number of aromatic nitrogens is 5. The summed E-state index contributed by atoms with van der Waals surface area (Å²) >= 11 is 0. The number of hydrogen-bond donors (Lipinski definition) is 1. The molecule has 3 aromatic rings. The van der Waals surface area contributed by atoms with Gasteiger partial charge in [-0.25, -0.2) is 9.97 Å². The molecule has 1 N–H and O–H groups in total. The molecule has 0 spiro atoms. The van der Waals surface area contributed by atoms with Crippen LogP contribution in [-0.4, -0.2) is 24.7 Å². The van der Waals surface area contributed by atoms with Gasteiger partial charge in [0.2, 0.25) is 0 Å². The first-order chi connectivity index (χ1) is 12.7. The summed E-state index contributed by atoms with van der Waals surface area (Å²) in [6.07, 6.45) is 10.7. The maximum atomic E-state index is 4.74. The lowest BCUT2D eigenvalue weighted by atomic mass is 10.2. The van der Waals surface area contributed by atoms with Crippen LogP contribution in [-0.2, 0) is 6.54 Å². The fourth-order valence-electron chi connectivity index (χ4n) is 3.45. The van der Waals surface area contributed by atoms with Gasteiger partial charge >= 0.3 is 0 Å². The summed E-state index contributed by atoms with van der Waals surface area (Å²) in [5, 5.41) is 8.18. The molecular weight excluding hydrogens is 324 g/mol. The second kappa shape index (κ2) is 7.23. The van der Waals surface area contributed by atoms with E-state index in [-0.39, 0.29) is 0 Å². The van der Waals surface area contributed by atoms with Gasteiger partial charge in [0, 0.05) is 35.4 Å². The summed E-state index contributed by atoms with van der Waals surface area (Å²) in [6, 6.07) is 6.53. The normalized spacial score (nSPS) is 14.7. The number of rotatable bonds is 5. The van der Waals surface area contributed by atoms with Crippen LogP contribution in [0.4, 0.5) is 5.82 Å². The molecule has 0 aliphatic heterocycles. The van der Waals surface area contributed by atoms with Crippen molar-refractivity contribution in [1.29, 1.82) is 0 Å². The zero-order valence-corrected chi connectivity index (χ0v) is 15.3. The van der Waals surface area contributed by atoms with Crippen molar-refractivity contribution < 1.29 is 0 Å². The topological polar surface area (TPSA) is 68.5 Å². The summed E-state index contributed by atoms with van der Waals surface area (Å²) in [6.45, 7) is 4.72. The Bertz CT molecular complexity index is 881. The van der Waals surface area contributed by atoms with E-state index in [4.69, 9.17) is 10.1 Å². The Kier molecular flexibility index (Phi) is 4.65. The average molecular weight is 348 g/mol. The summed E-state index contributed by atoms with van der Waals surface area (Å²) in [5.41, 5.74) is 4.05. The summed E-state index contributed by atoms with van der Waals surface area (Å²) in [7, 11) is 0. The summed E-state index contributed by atoms with van der Waals surface area (Å²) < 4.78 is 2.13. The summed E-state index contributed by atoms with van der Waals surface area (Å²) in [5.74, 6) is 1.58. The molecule has 1 saturated carbocycles. The first-order valence-corrected chi connectivity index (χ1v) is 9.24. The molecule has 0 unspecified atom stereocenters. The predicted octanol–water partition coefficient (Wildman–Crippen LogP) is 4.08. The molecule has 0 atom stereocenters. The third-order valence-corrected chi connectivity index (χ3v) is 5.13. The van der Waals surface area contributed by atoms with E-state index in [0.717, 1.165) is 34.2 Å². The molecule has 26 heavy (non-hydrogen) atoms. The van der Waals surface area contributed by atoms with Crippen molar-refractivity contribution in [1.82, 2.24) is 24.7 Å². The highest BCUT2D eigenvalue weighted by Crippen LogP contribution is 2.29.